The number of phenols is 1. The molecule has 1 atom stereocenters. The van der Waals surface area contributed by atoms with E-state index in [1.165, 1.54) is 11.0 Å². The standard InChI is InChI=1S/C15H16ClNO3/c1-9(18)8-17(2)15(20)12-7-13(16)10-5-3-4-6-11(10)14(12)19/h3-7,9,18-19H,8H2,1-2H3. The Morgan fingerprint density at radius 3 is 2.55 bits per heavy atom. The Morgan fingerprint density at radius 1 is 1.35 bits per heavy atom. The van der Waals surface area contributed by atoms with Gasteiger partial charge in [-0.25, -0.2) is 0 Å². The molecule has 5 heteroatoms. The molecule has 20 heavy (non-hydrogen) atoms. The van der Waals surface area contributed by atoms with Gasteiger partial charge in [-0.1, -0.05) is 35.9 Å². The maximum atomic E-state index is 12.3. The number of aliphatic hydroxyl groups excluding tert-OH is 1. The van der Waals surface area contributed by atoms with Crippen LogP contribution in [0.15, 0.2) is 30.3 Å². The summed E-state index contributed by atoms with van der Waals surface area (Å²) in [5.41, 5.74) is 0.136. The molecule has 4 nitrogen and oxygen atoms in total. The van der Waals surface area contributed by atoms with Gasteiger partial charge in [0.15, 0.2) is 0 Å². The van der Waals surface area contributed by atoms with Gasteiger partial charge in [0.2, 0.25) is 0 Å². The second-order valence-corrected chi connectivity index (χ2v) is 5.24. The number of halogens is 1. The Bertz CT molecular complexity index is 655. The van der Waals surface area contributed by atoms with E-state index in [2.05, 4.69) is 0 Å². The SMILES string of the molecule is CC(O)CN(C)C(=O)c1cc(Cl)c2ccccc2c1O. The molecule has 0 aliphatic rings. The fourth-order valence-corrected chi connectivity index (χ4v) is 2.44. The van der Waals surface area contributed by atoms with E-state index in [1.807, 2.05) is 6.07 Å². The van der Waals surface area contributed by atoms with E-state index in [4.69, 9.17) is 11.6 Å². The van der Waals surface area contributed by atoms with E-state index in [1.54, 1.807) is 32.2 Å². The lowest BCUT2D eigenvalue weighted by Crippen LogP contribution is -2.33. The molecule has 0 spiro atoms. The smallest absolute Gasteiger partial charge is 0.257 e. The number of carbonyl (C=O) groups excluding carboxylic acids is 1. The lowest BCUT2D eigenvalue weighted by Gasteiger charge is -2.20. The highest BCUT2D eigenvalue weighted by atomic mass is 35.5. The number of rotatable bonds is 3. The average Bonchev–Trinajstić information content (AvgIpc) is 2.41. The molecule has 2 rings (SSSR count). The van der Waals surface area contributed by atoms with Gasteiger partial charge in [-0.05, 0) is 13.0 Å². The average molecular weight is 294 g/mol. The fourth-order valence-electron chi connectivity index (χ4n) is 2.16. The molecule has 0 fully saturated rings. The van der Waals surface area contributed by atoms with E-state index < -0.39 is 6.10 Å². The van der Waals surface area contributed by atoms with Gasteiger partial charge < -0.3 is 15.1 Å². The second kappa shape index (κ2) is 5.69. The van der Waals surface area contributed by atoms with Crippen LogP contribution in [-0.2, 0) is 0 Å². The van der Waals surface area contributed by atoms with Crippen molar-refractivity contribution in [2.75, 3.05) is 13.6 Å². The number of likely N-dealkylation sites (N-methyl/N-ethyl adjacent to an activating group) is 1. The van der Waals surface area contributed by atoms with Gasteiger partial charge in [-0.15, -0.1) is 0 Å². The summed E-state index contributed by atoms with van der Waals surface area (Å²) < 4.78 is 0. The zero-order chi connectivity index (χ0) is 14.9. The largest absolute Gasteiger partial charge is 0.506 e. The number of amides is 1. The fraction of sp³-hybridized carbons (Fsp3) is 0.267. The molecule has 1 unspecified atom stereocenters. The van der Waals surface area contributed by atoms with Crippen molar-refractivity contribution < 1.29 is 15.0 Å². The third-order valence-electron chi connectivity index (χ3n) is 3.08. The van der Waals surface area contributed by atoms with Crippen LogP contribution in [-0.4, -0.2) is 40.7 Å². The van der Waals surface area contributed by atoms with Crippen LogP contribution in [0.25, 0.3) is 10.8 Å². The lowest BCUT2D eigenvalue weighted by molar-refractivity contribution is 0.0701. The predicted molar refractivity (Wildman–Crippen MR) is 79.3 cm³/mol. The highest BCUT2D eigenvalue weighted by Crippen LogP contribution is 2.34. The molecule has 0 saturated carbocycles. The van der Waals surface area contributed by atoms with E-state index in [-0.39, 0.29) is 23.8 Å². The van der Waals surface area contributed by atoms with Gasteiger partial charge in [0.05, 0.1) is 11.7 Å². The van der Waals surface area contributed by atoms with Crippen molar-refractivity contribution in [2.45, 2.75) is 13.0 Å². The van der Waals surface area contributed by atoms with Gasteiger partial charge in [-0.2, -0.15) is 0 Å². The summed E-state index contributed by atoms with van der Waals surface area (Å²) in [4.78, 5) is 13.6. The Kier molecular flexibility index (Phi) is 4.16. The molecule has 0 heterocycles. The van der Waals surface area contributed by atoms with Crippen molar-refractivity contribution >= 4 is 28.3 Å². The highest BCUT2D eigenvalue weighted by molar-refractivity contribution is 6.36. The van der Waals surface area contributed by atoms with Crippen LogP contribution in [0.5, 0.6) is 5.75 Å². The molecular weight excluding hydrogens is 278 g/mol. The molecule has 0 bridgehead atoms. The van der Waals surface area contributed by atoms with E-state index in [9.17, 15) is 15.0 Å². The van der Waals surface area contributed by atoms with Crippen molar-refractivity contribution in [1.82, 2.24) is 4.90 Å². The molecule has 0 aliphatic carbocycles. The second-order valence-electron chi connectivity index (χ2n) is 4.83. The summed E-state index contributed by atoms with van der Waals surface area (Å²) >= 11 is 6.16. The number of hydrogen-bond acceptors (Lipinski definition) is 3. The van der Waals surface area contributed by atoms with Crippen LogP contribution in [0.4, 0.5) is 0 Å². The third kappa shape index (κ3) is 2.71. The minimum Gasteiger partial charge on any atom is -0.506 e. The molecule has 0 radical (unpaired) electrons. The molecule has 2 aromatic carbocycles. The quantitative estimate of drug-likeness (QED) is 0.914. The first-order valence-electron chi connectivity index (χ1n) is 6.25. The summed E-state index contributed by atoms with van der Waals surface area (Å²) in [6.07, 6.45) is -0.637. The van der Waals surface area contributed by atoms with Crippen LogP contribution in [0, 0.1) is 0 Å². The Labute approximate surface area is 122 Å². The summed E-state index contributed by atoms with van der Waals surface area (Å²) in [6.45, 7) is 1.78. The predicted octanol–water partition coefficient (Wildman–Crippen LogP) is 2.65. The number of benzene rings is 2. The number of fused-ring (bicyclic) bond motifs is 1. The number of aromatic hydroxyl groups is 1. The summed E-state index contributed by atoms with van der Waals surface area (Å²) in [6, 6.07) is 8.54. The monoisotopic (exact) mass is 293 g/mol. The third-order valence-corrected chi connectivity index (χ3v) is 3.39. The molecule has 1 amide bonds. The highest BCUT2D eigenvalue weighted by Gasteiger charge is 2.20. The van der Waals surface area contributed by atoms with Crippen molar-refractivity contribution in [3.8, 4) is 5.75 Å². The van der Waals surface area contributed by atoms with Crippen LogP contribution in [0.3, 0.4) is 0 Å². The summed E-state index contributed by atoms with van der Waals surface area (Å²) in [7, 11) is 1.57. The van der Waals surface area contributed by atoms with Gasteiger partial charge in [-0.3, -0.25) is 4.79 Å². The minimum atomic E-state index is -0.637. The first kappa shape index (κ1) is 14.6. The molecule has 106 valence electrons. The maximum absolute atomic E-state index is 12.3. The van der Waals surface area contributed by atoms with Crippen molar-refractivity contribution in [3.05, 3.63) is 40.9 Å². The van der Waals surface area contributed by atoms with Crippen LogP contribution in [0.1, 0.15) is 17.3 Å². The Morgan fingerprint density at radius 2 is 1.95 bits per heavy atom. The van der Waals surface area contributed by atoms with Gasteiger partial charge in [0.1, 0.15) is 5.75 Å². The first-order chi connectivity index (χ1) is 9.41. The topological polar surface area (TPSA) is 60.8 Å². The van der Waals surface area contributed by atoms with Crippen LogP contribution >= 0.6 is 11.6 Å². The molecule has 2 N–H and O–H groups in total. The Hall–Kier alpha value is -1.78. The molecule has 2 aromatic rings. The number of hydrogen-bond donors (Lipinski definition) is 2. The molecule has 0 saturated heterocycles. The van der Waals surface area contributed by atoms with E-state index >= 15 is 0 Å². The molecule has 0 aliphatic heterocycles. The van der Waals surface area contributed by atoms with Crippen LogP contribution in [0.2, 0.25) is 5.02 Å². The zero-order valence-corrected chi connectivity index (χ0v) is 12.1. The number of phenolic OH excluding ortho intramolecular Hbond substituents is 1. The van der Waals surface area contributed by atoms with Crippen LogP contribution < -0.4 is 0 Å². The van der Waals surface area contributed by atoms with E-state index in [0.717, 1.165) is 0 Å². The minimum absolute atomic E-state index is 0.0903. The molecule has 0 aromatic heterocycles. The summed E-state index contributed by atoms with van der Waals surface area (Å²) in [5.74, 6) is -0.469. The maximum Gasteiger partial charge on any atom is 0.257 e. The molecular formula is C15H16ClNO3. The normalized spacial score (nSPS) is 12.4. The van der Waals surface area contributed by atoms with Crippen molar-refractivity contribution in [1.29, 1.82) is 0 Å². The zero-order valence-electron chi connectivity index (χ0n) is 11.3. The van der Waals surface area contributed by atoms with Gasteiger partial charge in [0.25, 0.3) is 5.91 Å². The van der Waals surface area contributed by atoms with Crippen molar-refractivity contribution in [3.63, 3.8) is 0 Å². The van der Waals surface area contributed by atoms with Gasteiger partial charge >= 0.3 is 0 Å². The van der Waals surface area contributed by atoms with Gasteiger partial charge in [0, 0.05) is 29.4 Å². The Balaban J connectivity index is 2.50. The van der Waals surface area contributed by atoms with E-state index in [0.29, 0.717) is 15.8 Å². The van der Waals surface area contributed by atoms with Crippen molar-refractivity contribution in [2.24, 2.45) is 0 Å². The summed E-state index contributed by atoms with van der Waals surface area (Å²) in [5, 5.41) is 21.2. The first-order valence-corrected chi connectivity index (χ1v) is 6.63. The lowest BCUT2D eigenvalue weighted by atomic mass is 10.0. The number of aliphatic hydroxyl groups is 1. The number of nitrogens with zero attached hydrogens (tertiary/aromatic N) is 1. The number of carbonyl (C=O) groups is 1.